The lowest BCUT2D eigenvalue weighted by Gasteiger charge is -2.20. The average molecular weight is 1110 g/mol. The molecule has 0 aromatic rings. The maximum Gasteiger partial charge on any atom is 0.305 e. The van der Waals surface area contributed by atoms with Gasteiger partial charge in [0.2, 0.25) is 5.91 Å². The molecule has 0 aliphatic carbocycles. The summed E-state index contributed by atoms with van der Waals surface area (Å²) >= 11 is 0. The number of aliphatic hydroxyl groups excluding tert-OH is 2. The first-order valence-electron chi connectivity index (χ1n) is 36.1. The number of unbranched alkanes of at least 4 members (excludes halogenated alkanes) is 55. The number of esters is 1. The number of allylic oxidation sites excluding steroid dienone is 3. The third-order valence-electron chi connectivity index (χ3n) is 17.0. The molecular weight excluding hydrogens is 971 g/mol. The van der Waals surface area contributed by atoms with E-state index in [-0.39, 0.29) is 18.5 Å². The van der Waals surface area contributed by atoms with E-state index >= 15 is 0 Å². The van der Waals surface area contributed by atoms with Crippen LogP contribution in [0, 0.1) is 0 Å². The van der Waals surface area contributed by atoms with Crippen LogP contribution in [0.2, 0.25) is 0 Å². The highest BCUT2D eigenvalue weighted by Gasteiger charge is 2.18. The lowest BCUT2D eigenvalue weighted by molar-refractivity contribution is -0.143. The second-order valence-electron chi connectivity index (χ2n) is 24.9. The second kappa shape index (κ2) is 68.8. The summed E-state index contributed by atoms with van der Waals surface area (Å²) in [6.45, 7) is 4.92. The second-order valence-corrected chi connectivity index (χ2v) is 24.9. The van der Waals surface area contributed by atoms with Gasteiger partial charge in [-0.05, 0) is 57.8 Å². The summed E-state index contributed by atoms with van der Waals surface area (Å²) in [6.07, 6.45) is 87.0. The van der Waals surface area contributed by atoms with E-state index in [1.54, 1.807) is 6.08 Å². The standard InChI is InChI=1S/C73H141NO5/c1-3-5-7-9-11-13-15-17-18-19-20-33-36-39-42-45-49-53-57-61-65-71(76)70(69-75)74-72(77)66-62-58-54-50-46-43-40-37-34-31-29-27-25-23-21-22-24-26-28-30-32-35-38-41-44-48-52-56-60-64-68-79-73(78)67-63-59-55-51-47-16-14-12-10-8-6-4-2/h12,14,61,65,70-71,75-76H,3-11,13,15-60,62-64,66-69H2,1-2H3,(H,74,77)/b14-12-,65-61+. The van der Waals surface area contributed by atoms with Crippen LogP contribution in [0.15, 0.2) is 24.3 Å². The quantitative estimate of drug-likeness (QED) is 0.0320. The number of hydrogen-bond acceptors (Lipinski definition) is 5. The molecule has 6 heteroatoms. The van der Waals surface area contributed by atoms with Crippen molar-refractivity contribution < 1.29 is 24.5 Å². The van der Waals surface area contributed by atoms with Gasteiger partial charge in [0.25, 0.3) is 0 Å². The molecule has 1 amide bonds. The Hall–Kier alpha value is -1.66. The molecule has 3 N–H and O–H groups in total. The van der Waals surface area contributed by atoms with Crippen LogP contribution in [0.4, 0.5) is 0 Å². The minimum atomic E-state index is -0.842. The van der Waals surface area contributed by atoms with Gasteiger partial charge in [0, 0.05) is 12.8 Å². The maximum atomic E-state index is 12.5. The molecule has 79 heavy (non-hydrogen) atoms. The molecule has 0 aromatic heterocycles. The highest BCUT2D eigenvalue weighted by molar-refractivity contribution is 5.76. The highest BCUT2D eigenvalue weighted by atomic mass is 16.5. The minimum Gasteiger partial charge on any atom is -0.466 e. The predicted octanol–water partition coefficient (Wildman–Crippen LogP) is 23.3. The summed E-state index contributed by atoms with van der Waals surface area (Å²) in [5.74, 6) is -0.0497. The summed E-state index contributed by atoms with van der Waals surface area (Å²) < 4.78 is 5.48. The first-order chi connectivity index (χ1) is 39.0. The van der Waals surface area contributed by atoms with Gasteiger partial charge >= 0.3 is 5.97 Å². The molecule has 0 saturated carbocycles. The molecule has 0 rings (SSSR count). The minimum absolute atomic E-state index is 0.0103. The predicted molar refractivity (Wildman–Crippen MR) is 347 cm³/mol. The van der Waals surface area contributed by atoms with Gasteiger partial charge in [0.05, 0.1) is 25.4 Å². The van der Waals surface area contributed by atoms with Gasteiger partial charge in [-0.2, -0.15) is 0 Å². The van der Waals surface area contributed by atoms with Crippen molar-refractivity contribution in [3.05, 3.63) is 24.3 Å². The number of hydrogen-bond donors (Lipinski definition) is 3. The molecule has 0 spiro atoms. The summed E-state index contributed by atoms with van der Waals surface area (Å²) in [5.41, 5.74) is 0. The fraction of sp³-hybridized carbons (Fsp3) is 0.918. The molecule has 0 aliphatic rings. The Balaban J connectivity index is 3.36. The zero-order valence-electron chi connectivity index (χ0n) is 53.6. The normalized spacial score (nSPS) is 12.6. The first-order valence-corrected chi connectivity index (χ1v) is 36.1. The van der Waals surface area contributed by atoms with E-state index in [0.717, 1.165) is 44.9 Å². The van der Waals surface area contributed by atoms with Gasteiger partial charge in [-0.3, -0.25) is 9.59 Å². The number of carbonyl (C=O) groups excluding carboxylic acids is 2. The largest absolute Gasteiger partial charge is 0.466 e. The summed E-state index contributed by atoms with van der Waals surface area (Å²) in [6, 6.07) is -0.625. The molecule has 0 heterocycles. The fourth-order valence-electron chi connectivity index (χ4n) is 11.5. The van der Waals surface area contributed by atoms with Gasteiger partial charge in [0.15, 0.2) is 0 Å². The lowest BCUT2D eigenvalue weighted by Crippen LogP contribution is -2.45. The van der Waals surface area contributed by atoms with Gasteiger partial charge in [0.1, 0.15) is 0 Å². The SMILES string of the molecule is CCCCC/C=C\CCCCCCCC(=O)OCCCCCCCCCCCCCCCCCCCCCCCCCCCCCCCCC(=O)NC(CO)C(O)/C=C/CCCCCCCCCCCCCCCCCCCC. The molecule has 0 bridgehead atoms. The van der Waals surface area contributed by atoms with Crippen LogP contribution in [0.1, 0.15) is 406 Å². The Morgan fingerprint density at radius 1 is 0.342 bits per heavy atom. The van der Waals surface area contributed by atoms with Crippen molar-refractivity contribution in [1.82, 2.24) is 5.32 Å². The summed E-state index contributed by atoms with van der Waals surface area (Å²) in [7, 11) is 0. The van der Waals surface area contributed by atoms with Crippen LogP contribution < -0.4 is 5.32 Å². The van der Waals surface area contributed by atoms with E-state index in [1.165, 1.54) is 334 Å². The van der Waals surface area contributed by atoms with Crippen molar-refractivity contribution in [1.29, 1.82) is 0 Å². The van der Waals surface area contributed by atoms with Gasteiger partial charge < -0.3 is 20.3 Å². The maximum absolute atomic E-state index is 12.5. The Kier molecular flexibility index (Phi) is 67.4. The molecule has 0 saturated heterocycles. The van der Waals surface area contributed by atoms with E-state index in [2.05, 4.69) is 31.3 Å². The number of rotatable bonds is 68. The first kappa shape index (κ1) is 77.3. The number of amides is 1. The van der Waals surface area contributed by atoms with Crippen molar-refractivity contribution >= 4 is 11.9 Å². The molecule has 0 fully saturated rings. The molecule has 2 atom stereocenters. The zero-order chi connectivity index (χ0) is 57.1. The molecule has 6 nitrogen and oxygen atoms in total. The summed E-state index contributed by atoms with van der Waals surface area (Å²) in [4.78, 5) is 24.5. The Morgan fingerprint density at radius 3 is 0.924 bits per heavy atom. The van der Waals surface area contributed by atoms with Crippen LogP contribution in [-0.4, -0.2) is 47.4 Å². The van der Waals surface area contributed by atoms with Crippen LogP contribution in [0.25, 0.3) is 0 Å². The molecule has 468 valence electrons. The monoisotopic (exact) mass is 1110 g/mol. The van der Waals surface area contributed by atoms with Crippen LogP contribution in [0.5, 0.6) is 0 Å². The van der Waals surface area contributed by atoms with Crippen molar-refractivity contribution in [3.63, 3.8) is 0 Å². The molecule has 0 aromatic carbocycles. The van der Waals surface area contributed by atoms with Crippen molar-refractivity contribution in [3.8, 4) is 0 Å². The molecular formula is C73H141NO5. The zero-order valence-corrected chi connectivity index (χ0v) is 53.6. The highest BCUT2D eigenvalue weighted by Crippen LogP contribution is 2.19. The number of carbonyl (C=O) groups is 2. The smallest absolute Gasteiger partial charge is 0.305 e. The van der Waals surface area contributed by atoms with Crippen molar-refractivity contribution in [2.75, 3.05) is 13.2 Å². The lowest BCUT2D eigenvalue weighted by atomic mass is 10.0. The van der Waals surface area contributed by atoms with E-state index in [9.17, 15) is 19.8 Å². The Bertz CT molecular complexity index is 1230. The van der Waals surface area contributed by atoms with Crippen molar-refractivity contribution in [2.24, 2.45) is 0 Å². The third kappa shape index (κ3) is 65.4. The number of nitrogens with one attached hydrogen (secondary N) is 1. The third-order valence-corrected chi connectivity index (χ3v) is 17.0. The van der Waals surface area contributed by atoms with Crippen LogP contribution >= 0.6 is 0 Å². The van der Waals surface area contributed by atoms with Gasteiger partial charge in [-0.15, -0.1) is 0 Å². The van der Waals surface area contributed by atoms with Gasteiger partial charge in [-0.1, -0.05) is 359 Å². The number of aliphatic hydroxyl groups is 2. The van der Waals surface area contributed by atoms with Crippen molar-refractivity contribution in [2.45, 2.75) is 418 Å². The van der Waals surface area contributed by atoms with Crippen LogP contribution in [0.3, 0.4) is 0 Å². The van der Waals surface area contributed by atoms with Crippen LogP contribution in [-0.2, 0) is 14.3 Å². The van der Waals surface area contributed by atoms with E-state index < -0.39 is 12.1 Å². The van der Waals surface area contributed by atoms with E-state index in [4.69, 9.17) is 4.74 Å². The fourth-order valence-corrected chi connectivity index (χ4v) is 11.5. The molecule has 0 aliphatic heterocycles. The molecule has 2 unspecified atom stereocenters. The molecule has 0 radical (unpaired) electrons. The van der Waals surface area contributed by atoms with Gasteiger partial charge in [-0.25, -0.2) is 0 Å². The Morgan fingerprint density at radius 2 is 0.595 bits per heavy atom. The van der Waals surface area contributed by atoms with E-state index in [1.807, 2.05) is 6.08 Å². The number of ether oxygens (including phenoxy) is 1. The topological polar surface area (TPSA) is 95.9 Å². The summed E-state index contributed by atoms with van der Waals surface area (Å²) in [5, 5.41) is 23.3. The van der Waals surface area contributed by atoms with E-state index in [0.29, 0.717) is 19.4 Å². The average Bonchev–Trinajstić information content (AvgIpc) is 3.45. The Labute approximate surface area is 494 Å².